The third kappa shape index (κ3) is 2.81. The lowest BCUT2D eigenvalue weighted by Crippen LogP contribution is -2.02. The van der Waals surface area contributed by atoms with Gasteiger partial charge < -0.3 is 5.32 Å². The molecule has 0 saturated carbocycles. The van der Waals surface area contributed by atoms with Crippen LogP contribution in [0.25, 0.3) is 0 Å². The number of nitro groups is 1. The van der Waals surface area contributed by atoms with Gasteiger partial charge in [0.05, 0.1) is 4.92 Å². The molecule has 2 rings (SSSR count). The molecule has 0 unspecified atom stereocenters. The van der Waals surface area contributed by atoms with Crippen LogP contribution in [-0.2, 0) is 6.54 Å². The Morgan fingerprint density at radius 1 is 1.00 bits per heavy atom. The molecule has 2 aromatic rings. The largest absolute Gasteiger partial charge is 0.381 e. The first kappa shape index (κ1) is 11.1. The van der Waals surface area contributed by atoms with E-state index in [1.54, 1.807) is 18.2 Å². The average Bonchev–Trinajstić information content (AvgIpc) is 2.38. The molecule has 2 aromatic carbocycles. The fourth-order valence-corrected chi connectivity index (χ4v) is 1.59. The second kappa shape index (κ2) is 5.12. The summed E-state index contributed by atoms with van der Waals surface area (Å²) in [6, 6.07) is 16.4. The van der Waals surface area contributed by atoms with Crippen LogP contribution in [0.3, 0.4) is 0 Å². The van der Waals surface area contributed by atoms with Crippen molar-refractivity contribution in [3.05, 3.63) is 70.3 Å². The summed E-state index contributed by atoms with van der Waals surface area (Å²) in [5.74, 6) is 0. The fraction of sp³-hybridized carbons (Fsp3) is 0.0769. The first-order chi connectivity index (χ1) is 8.27. The van der Waals surface area contributed by atoms with Crippen molar-refractivity contribution in [2.45, 2.75) is 6.54 Å². The molecule has 0 aromatic heterocycles. The molecule has 4 nitrogen and oxygen atoms in total. The standard InChI is InChI=1S/C13H12N2O2/c16-15(17)13-9-5-4-6-11(13)10-14-12-7-2-1-3-8-12/h1-9,14H,10H2. The number of nitrogens with one attached hydrogen (secondary N) is 1. The Balaban J connectivity index is 2.12. The Morgan fingerprint density at radius 2 is 1.65 bits per heavy atom. The quantitative estimate of drug-likeness (QED) is 0.645. The van der Waals surface area contributed by atoms with Crippen LogP contribution in [0, 0.1) is 10.1 Å². The zero-order valence-electron chi connectivity index (χ0n) is 9.17. The van der Waals surface area contributed by atoms with E-state index >= 15 is 0 Å². The van der Waals surface area contributed by atoms with Gasteiger partial charge in [-0.15, -0.1) is 0 Å². The van der Waals surface area contributed by atoms with E-state index in [9.17, 15) is 10.1 Å². The maximum absolute atomic E-state index is 10.8. The van der Waals surface area contributed by atoms with Crippen LogP contribution in [0.1, 0.15) is 5.56 Å². The molecular weight excluding hydrogens is 216 g/mol. The maximum Gasteiger partial charge on any atom is 0.274 e. The molecule has 0 bridgehead atoms. The van der Waals surface area contributed by atoms with E-state index < -0.39 is 0 Å². The van der Waals surface area contributed by atoms with E-state index in [-0.39, 0.29) is 10.6 Å². The topological polar surface area (TPSA) is 55.2 Å². The predicted molar refractivity (Wildman–Crippen MR) is 66.9 cm³/mol. The number of hydrogen-bond acceptors (Lipinski definition) is 3. The van der Waals surface area contributed by atoms with Gasteiger partial charge in [0.15, 0.2) is 0 Å². The number of nitrogens with zero attached hydrogens (tertiary/aromatic N) is 1. The van der Waals surface area contributed by atoms with E-state index in [0.717, 1.165) is 5.69 Å². The van der Waals surface area contributed by atoms with Crippen molar-refractivity contribution in [1.29, 1.82) is 0 Å². The molecule has 0 spiro atoms. The number of rotatable bonds is 4. The van der Waals surface area contributed by atoms with E-state index in [4.69, 9.17) is 0 Å². The van der Waals surface area contributed by atoms with Crippen LogP contribution in [-0.4, -0.2) is 4.92 Å². The summed E-state index contributed by atoms with van der Waals surface area (Å²) in [5, 5.41) is 14.0. The van der Waals surface area contributed by atoms with E-state index in [2.05, 4.69) is 5.32 Å². The molecule has 0 aliphatic carbocycles. The van der Waals surface area contributed by atoms with Gasteiger partial charge in [0.1, 0.15) is 0 Å². The van der Waals surface area contributed by atoms with Crippen molar-refractivity contribution >= 4 is 11.4 Å². The molecule has 0 atom stereocenters. The summed E-state index contributed by atoms with van der Waals surface area (Å²) in [6.45, 7) is 0.446. The second-order valence-electron chi connectivity index (χ2n) is 3.61. The van der Waals surface area contributed by atoms with Crippen molar-refractivity contribution < 1.29 is 4.92 Å². The highest BCUT2D eigenvalue weighted by molar-refractivity contribution is 5.46. The Morgan fingerprint density at radius 3 is 2.35 bits per heavy atom. The van der Waals surface area contributed by atoms with Gasteiger partial charge in [-0.1, -0.05) is 36.4 Å². The van der Waals surface area contributed by atoms with Crippen molar-refractivity contribution in [2.75, 3.05) is 5.32 Å². The van der Waals surface area contributed by atoms with Crippen LogP contribution in [0.4, 0.5) is 11.4 Å². The van der Waals surface area contributed by atoms with E-state index in [1.165, 1.54) is 6.07 Å². The minimum atomic E-state index is -0.359. The highest BCUT2D eigenvalue weighted by atomic mass is 16.6. The Bertz CT molecular complexity index is 512. The lowest BCUT2D eigenvalue weighted by atomic mass is 10.2. The normalized spacial score (nSPS) is 9.88. The van der Waals surface area contributed by atoms with Gasteiger partial charge in [0.25, 0.3) is 5.69 Å². The molecule has 0 amide bonds. The number of benzene rings is 2. The van der Waals surface area contributed by atoms with Crippen molar-refractivity contribution in [2.24, 2.45) is 0 Å². The van der Waals surface area contributed by atoms with Gasteiger partial charge in [0, 0.05) is 23.9 Å². The first-order valence-electron chi connectivity index (χ1n) is 5.28. The smallest absolute Gasteiger partial charge is 0.274 e. The molecule has 1 N–H and O–H groups in total. The van der Waals surface area contributed by atoms with Gasteiger partial charge in [-0.3, -0.25) is 10.1 Å². The number of para-hydroxylation sites is 2. The van der Waals surface area contributed by atoms with E-state index in [1.807, 2.05) is 30.3 Å². The molecule has 86 valence electrons. The molecule has 0 aliphatic heterocycles. The second-order valence-corrected chi connectivity index (χ2v) is 3.61. The summed E-state index contributed by atoms with van der Waals surface area (Å²) in [7, 11) is 0. The third-order valence-electron chi connectivity index (χ3n) is 2.45. The summed E-state index contributed by atoms with van der Waals surface area (Å²) in [6.07, 6.45) is 0. The van der Waals surface area contributed by atoms with Crippen LogP contribution in [0.15, 0.2) is 54.6 Å². The summed E-state index contributed by atoms with van der Waals surface area (Å²) in [5.41, 5.74) is 1.78. The SMILES string of the molecule is O=[N+]([O-])c1ccccc1CNc1ccccc1. The Labute approximate surface area is 99.1 Å². The number of hydrogen-bond donors (Lipinski definition) is 1. The summed E-state index contributed by atoms with van der Waals surface area (Å²) < 4.78 is 0. The Kier molecular flexibility index (Phi) is 3.35. The van der Waals surface area contributed by atoms with Crippen LogP contribution < -0.4 is 5.32 Å². The fourth-order valence-electron chi connectivity index (χ4n) is 1.59. The molecule has 0 fully saturated rings. The maximum atomic E-state index is 10.8. The number of nitro benzene ring substituents is 1. The summed E-state index contributed by atoms with van der Waals surface area (Å²) >= 11 is 0. The van der Waals surface area contributed by atoms with Gasteiger partial charge >= 0.3 is 0 Å². The molecule has 4 heteroatoms. The van der Waals surface area contributed by atoms with Crippen LogP contribution >= 0.6 is 0 Å². The lowest BCUT2D eigenvalue weighted by molar-refractivity contribution is -0.385. The highest BCUT2D eigenvalue weighted by Gasteiger charge is 2.11. The molecule has 17 heavy (non-hydrogen) atoms. The third-order valence-corrected chi connectivity index (χ3v) is 2.45. The minimum Gasteiger partial charge on any atom is -0.381 e. The van der Waals surface area contributed by atoms with Gasteiger partial charge in [-0.2, -0.15) is 0 Å². The predicted octanol–water partition coefficient (Wildman–Crippen LogP) is 3.21. The van der Waals surface area contributed by atoms with Gasteiger partial charge in [-0.25, -0.2) is 0 Å². The molecular formula is C13H12N2O2. The zero-order chi connectivity index (χ0) is 12.1. The zero-order valence-corrected chi connectivity index (χ0v) is 9.17. The number of anilines is 1. The molecule has 0 aliphatic rings. The van der Waals surface area contributed by atoms with Gasteiger partial charge in [0.2, 0.25) is 0 Å². The molecule has 0 saturated heterocycles. The molecule has 0 radical (unpaired) electrons. The molecule has 0 heterocycles. The minimum absolute atomic E-state index is 0.149. The highest BCUT2D eigenvalue weighted by Crippen LogP contribution is 2.18. The van der Waals surface area contributed by atoms with E-state index in [0.29, 0.717) is 12.1 Å². The summed E-state index contributed by atoms with van der Waals surface area (Å²) in [4.78, 5) is 10.5. The Hall–Kier alpha value is -2.36. The monoisotopic (exact) mass is 228 g/mol. The van der Waals surface area contributed by atoms with Crippen molar-refractivity contribution in [3.63, 3.8) is 0 Å². The van der Waals surface area contributed by atoms with Crippen molar-refractivity contribution in [3.8, 4) is 0 Å². The van der Waals surface area contributed by atoms with Crippen LogP contribution in [0.2, 0.25) is 0 Å². The first-order valence-corrected chi connectivity index (χ1v) is 5.28. The van der Waals surface area contributed by atoms with Crippen molar-refractivity contribution in [1.82, 2.24) is 0 Å². The average molecular weight is 228 g/mol. The van der Waals surface area contributed by atoms with Crippen LogP contribution in [0.5, 0.6) is 0 Å². The lowest BCUT2D eigenvalue weighted by Gasteiger charge is -2.06. The van der Waals surface area contributed by atoms with Gasteiger partial charge in [-0.05, 0) is 12.1 Å².